The average molecular weight is 865 g/mol. The standard InChI is InChI=1S/C49H85O10P/c1-3-5-7-9-11-13-15-17-19-20-21-22-23-24-25-26-27-29-31-33-35-37-39-41-49(53)59-47(45-58-60(54,55)57-43-46(51)42-50)44-56-48(52)40-38-36-34-32-30-28-18-16-14-12-10-8-6-4-2/h5,7,10-13,16-19,21-22,46-47,50-51H,3-4,6,8-9,14-15,20,23-45H2,1-2H3,(H,54,55)/b7-5-,12-10-,13-11-,18-16-,19-17-,22-21-. The molecule has 346 valence electrons. The summed E-state index contributed by atoms with van der Waals surface area (Å²) in [5, 5.41) is 18.4. The van der Waals surface area contributed by atoms with Gasteiger partial charge in [0, 0.05) is 12.8 Å². The first kappa shape index (κ1) is 57.4. The van der Waals surface area contributed by atoms with Gasteiger partial charge >= 0.3 is 19.8 Å². The summed E-state index contributed by atoms with van der Waals surface area (Å²) >= 11 is 0. The van der Waals surface area contributed by atoms with E-state index in [-0.39, 0.29) is 19.4 Å². The predicted molar refractivity (Wildman–Crippen MR) is 247 cm³/mol. The Hall–Kier alpha value is -2.59. The maximum absolute atomic E-state index is 12.7. The van der Waals surface area contributed by atoms with Crippen molar-refractivity contribution in [2.24, 2.45) is 0 Å². The second-order valence-electron chi connectivity index (χ2n) is 15.4. The number of aliphatic hydroxyl groups excluding tert-OH is 2. The molecule has 0 aliphatic rings. The number of hydrogen-bond donors (Lipinski definition) is 3. The van der Waals surface area contributed by atoms with Crippen molar-refractivity contribution in [2.75, 3.05) is 26.4 Å². The summed E-state index contributed by atoms with van der Waals surface area (Å²) in [5.74, 6) is -0.949. The first-order chi connectivity index (χ1) is 29.2. The van der Waals surface area contributed by atoms with Crippen molar-refractivity contribution >= 4 is 19.8 Å². The number of carbonyl (C=O) groups excluding carboxylic acids is 2. The Morgan fingerprint density at radius 1 is 0.517 bits per heavy atom. The highest BCUT2D eigenvalue weighted by atomic mass is 31.2. The maximum atomic E-state index is 12.7. The highest BCUT2D eigenvalue weighted by molar-refractivity contribution is 7.47. The van der Waals surface area contributed by atoms with E-state index in [9.17, 15) is 24.2 Å². The molecule has 0 amide bonds. The molecule has 0 spiro atoms. The summed E-state index contributed by atoms with van der Waals surface area (Å²) in [6.45, 7) is 2.20. The molecule has 0 aliphatic carbocycles. The molecular weight excluding hydrogens is 780 g/mol. The van der Waals surface area contributed by atoms with Gasteiger partial charge in [-0.2, -0.15) is 0 Å². The quantitative estimate of drug-likeness (QED) is 0.0234. The smallest absolute Gasteiger partial charge is 0.462 e. The summed E-state index contributed by atoms with van der Waals surface area (Å²) in [7, 11) is -4.63. The lowest BCUT2D eigenvalue weighted by molar-refractivity contribution is -0.161. The monoisotopic (exact) mass is 865 g/mol. The van der Waals surface area contributed by atoms with Gasteiger partial charge in [-0.05, 0) is 77.0 Å². The molecule has 0 saturated carbocycles. The van der Waals surface area contributed by atoms with Crippen molar-refractivity contribution < 1.29 is 47.8 Å². The minimum atomic E-state index is -4.63. The number of carbonyl (C=O) groups is 2. The van der Waals surface area contributed by atoms with Crippen molar-refractivity contribution in [2.45, 2.75) is 199 Å². The van der Waals surface area contributed by atoms with Crippen molar-refractivity contribution in [1.82, 2.24) is 0 Å². The largest absolute Gasteiger partial charge is 0.472 e. The molecule has 0 heterocycles. The number of phosphoric ester groups is 1. The lowest BCUT2D eigenvalue weighted by Crippen LogP contribution is -2.29. The van der Waals surface area contributed by atoms with E-state index in [0.29, 0.717) is 12.8 Å². The lowest BCUT2D eigenvalue weighted by atomic mass is 10.0. The van der Waals surface area contributed by atoms with Crippen molar-refractivity contribution in [1.29, 1.82) is 0 Å². The Labute approximate surface area is 365 Å². The van der Waals surface area contributed by atoms with E-state index >= 15 is 0 Å². The van der Waals surface area contributed by atoms with Gasteiger partial charge in [0.25, 0.3) is 0 Å². The Balaban J connectivity index is 4.24. The molecule has 0 fully saturated rings. The molecule has 0 aromatic heterocycles. The van der Waals surface area contributed by atoms with Gasteiger partial charge in [-0.25, -0.2) is 4.57 Å². The third-order valence-corrected chi connectivity index (χ3v) is 10.5. The normalized spacial score (nSPS) is 14.4. The number of rotatable bonds is 43. The SMILES string of the molecule is CC/C=C\C/C=C\C/C=C\C/C=C\CCCCCCCCCCCCC(=O)OC(COC(=O)CCCCCCC/C=C\C/C=C\CCCC)COP(=O)(O)OCC(O)CO. The van der Waals surface area contributed by atoms with E-state index in [1.54, 1.807) is 0 Å². The molecule has 60 heavy (non-hydrogen) atoms. The molecule has 3 unspecified atom stereocenters. The first-order valence-corrected chi connectivity index (χ1v) is 24.9. The topological polar surface area (TPSA) is 149 Å². The fourth-order valence-electron chi connectivity index (χ4n) is 6.00. The maximum Gasteiger partial charge on any atom is 0.472 e. The molecule has 0 bridgehead atoms. The Morgan fingerprint density at radius 3 is 1.38 bits per heavy atom. The highest BCUT2D eigenvalue weighted by Gasteiger charge is 2.27. The summed E-state index contributed by atoms with van der Waals surface area (Å²) < 4.78 is 32.8. The van der Waals surface area contributed by atoms with E-state index in [4.69, 9.17) is 23.6 Å². The third kappa shape index (κ3) is 43.5. The molecular formula is C49H85O10P. The van der Waals surface area contributed by atoms with Crippen LogP contribution in [0.1, 0.15) is 187 Å². The summed E-state index contributed by atoms with van der Waals surface area (Å²) in [5.41, 5.74) is 0. The Bertz CT molecular complexity index is 1220. The second-order valence-corrected chi connectivity index (χ2v) is 16.8. The van der Waals surface area contributed by atoms with Crippen LogP contribution in [0.4, 0.5) is 0 Å². The van der Waals surface area contributed by atoms with Crippen LogP contribution in [0.25, 0.3) is 0 Å². The zero-order valence-corrected chi connectivity index (χ0v) is 38.5. The predicted octanol–water partition coefficient (Wildman–Crippen LogP) is 12.8. The van der Waals surface area contributed by atoms with Gasteiger partial charge in [0.15, 0.2) is 6.10 Å². The van der Waals surface area contributed by atoms with Gasteiger partial charge in [0.1, 0.15) is 12.7 Å². The fourth-order valence-corrected chi connectivity index (χ4v) is 6.79. The van der Waals surface area contributed by atoms with Crippen LogP contribution in [0.2, 0.25) is 0 Å². The lowest BCUT2D eigenvalue weighted by Gasteiger charge is -2.20. The minimum Gasteiger partial charge on any atom is -0.462 e. The molecule has 0 aromatic rings. The van der Waals surface area contributed by atoms with Gasteiger partial charge in [-0.15, -0.1) is 0 Å². The van der Waals surface area contributed by atoms with Gasteiger partial charge in [-0.3, -0.25) is 18.6 Å². The Morgan fingerprint density at radius 2 is 0.917 bits per heavy atom. The molecule has 10 nitrogen and oxygen atoms in total. The van der Waals surface area contributed by atoms with Crippen LogP contribution in [0.5, 0.6) is 0 Å². The second kappa shape index (κ2) is 44.5. The molecule has 0 saturated heterocycles. The molecule has 0 aromatic carbocycles. The highest BCUT2D eigenvalue weighted by Crippen LogP contribution is 2.43. The van der Waals surface area contributed by atoms with Gasteiger partial charge in [0.2, 0.25) is 0 Å². The van der Waals surface area contributed by atoms with Crippen LogP contribution in [-0.2, 0) is 32.7 Å². The molecule has 3 atom stereocenters. The fraction of sp³-hybridized carbons (Fsp3) is 0.714. The van der Waals surface area contributed by atoms with Crippen LogP contribution in [0, 0.1) is 0 Å². The van der Waals surface area contributed by atoms with Crippen LogP contribution >= 0.6 is 7.82 Å². The van der Waals surface area contributed by atoms with Crippen LogP contribution in [-0.4, -0.2) is 65.7 Å². The van der Waals surface area contributed by atoms with Crippen molar-refractivity contribution in [3.05, 3.63) is 72.9 Å². The van der Waals surface area contributed by atoms with E-state index < -0.39 is 51.8 Å². The summed E-state index contributed by atoms with van der Waals surface area (Å²) in [6.07, 6.45) is 51.5. The summed E-state index contributed by atoms with van der Waals surface area (Å²) in [6, 6.07) is 0. The Kier molecular flexibility index (Phi) is 42.5. The van der Waals surface area contributed by atoms with E-state index in [1.165, 1.54) is 51.4 Å². The first-order valence-electron chi connectivity index (χ1n) is 23.4. The van der Waals surface area contributed by atoms with Crippen molar-refractivity contribution in [3.8, 4) is 0 Å². The number of allylic oxidation sites excluding steroid dienone is 12. The van der Waals surface area contributed by atoms with Gasteiger partial charge in [0.05, 0.1) is 19.8 Å². The van der Waals surface area contributed by atoms with E-state index in [1.807, 2.05) is 0 Å². The van der Waals surface area contributed by atoms with E-state index in [2.05, 4.69) is 86.8 Å². The summed E-state index contributed by atoms with van der Waals surface area (Å²) in [4.78, 5) is 35.1. The number of hydrogen-bond acceptors (Lipinski definition) is 9. The van der Waals surface area contributed by atoms with Gasteiger partial charge < -0.3 is 24.6 Å². The third-order valence-electron chi connectivity index (χ3n) is 9.59. The molecule has 0 radical (unpaired) electrons. The number of unbranched alkanes of at least 4 members (excludes halogenated alkanes) is 17. The molecule has 11 heteroatoms. The minimum absolute atomic E-state index is 0.172. The van der Waals surface area contributed by atoms with Crippen LogP contribution in [0.15, 0.2) is 72.9 Å². The molecule has 0 aliphatic heterocycles. The van der Waals surface area contributed by atoms with E-state index in [0.717, 1.165) is 96.3 Å². The number of ether oxygens (including phenoxy) is 2. The number of phosphoric acid groups is 1. The van der Waals surface area contributed by atoms with Crippen LogP contribution < -0.4 is 0 Å². The average Bonchev–Trinajstić information content (AvgIpc) is 3.24. The zero-order valence-electron chi connectivity index (χ0n) is 37.6. The van der Waals surface area contributed by atoms with Crippen molar-refractivity contribution in [3.63, 3.8) is 0 Å². The number of aliphatic hydroxyl groups is 2. The zero-order chi connectivity index (χ0) is 44.0. The van der Waals surface area contributed by atoms with Gasteiger partial charge in [-0.1, -0.05) is 170 Å². The molecule has 0 rings (SSSR count). The molecule has 3 N–H and O–H groups in total. The van der Waals surface area contributed by atoms with Crippen LogP contribution in [0.3, 0.4) is 0 Å². The number of esters is 2.